The van der Waals surface area contributed by atoms with E-state index in [0.717, 1.165) is 22.1 Å². The summed E-state index contributed by atoms with van der Waals surface area (Å²) in [5.41, 5.74) is 2.80. The molecule has 0 aliphatic rings. The molecule has 0 aliphatic heterocycles. The number of fused-ring (bicyclic) bond motifs is 1. The Bertz CT molecular complexity index is 937. The Morgan fingerprint density at radius 3 is 2.36 bits per heavy atom. The molecule has 0 radical (unpaired) electrons. The third kappa shape index (κ3) is 2.55. The van der Waals surface area contributed by atoms with E-state index in [1.165, 1.54) is 6.92 Å². The predicted molar refractivity (Wildman–Crippen MR) is 87.7 cm³/mol. The molecule has 110 valence electrons. The van der Waals surface area contributed by atoms with Crippen LogP contribution in [0.1, 0.15) is 22.8 Å². The van der Waals surface area contributed by atoms with Crippen LogP contribution in [-0.4, -0.2) is 5.78 Å². The Labute approximate surface area is 132 Å². The Hall–Kier alpha value is -2.39. The van der Waals surface area contributed by atoms with Crippen LogP contribution in [0.25, 0.3) is 22.1 Å². The summed E-state index contributed by atoms with van der Waals surface area (Å²) in [5.74, 6) is -0.295. The minimum Gasteiger partial charge on any atom is -0.422 e. The van der Waals surface area contributed by atoms with Crippen LogP contribution in [0.3, 0.4) is 0 Å². The van der Waals surface area contributed by atoms with Crippen molar-refractivity contribution in [2.45, 2.75) is 13.8 Å². The van der Waals surface area contributed by atoms with Crippen LogP contribution in [0.15, 0.2) is 51.7 Å². The van der Waals surface area contributed by atoms with Gasteiger partial charge in [-0.15, -0.1) is 0 Å². The van der Waals surface area contributed by atoms with Crippen molar-refractivity contribution < 1.29 is 9.21 Å². The summed E-state index contributed by atoms with van der Waals surface area (Å²) < 4.78 is 5.32. The molecule has 0 bridgehead atoms. The average Bonchev–Trinajstić information content (AvgIpc) is 2.46. The summed E-state index contributed by atoms with van der Waals surface area (Å²) in [6, 6.07) is 12.8. The molecule has 1 aromatic heterocycles. The van der Waals surface area contributed by atoms with E-state index in [9.17, 15) is 9.59 Å². The monoisotopic (exact) mass is 312 g/mol. The second kappa shape index (κ2) is 5.43. The van der Waals surface area contributed by atoms with Crippen LogP contribution >= 0.6 is 11.6 Å². The lowest BCUT2D eigenvalue weighted by atomic mass is 9.99. The van der Waals surface area contributed by atoms with Gasteiger partial charge in [0, 0.05) is 10.4 Å². The molecule has 2 aromatic carbocycles. The van der Waals surface area contributed by atoms with Gasteiger partial charge in [0.25, 0.3) is 0 Å². The van der Waals surface area contributed by atoms with Crippen molar-refractivity contribution in [1.29, 1.82) is 0 Å². The fraction of sp³-hybridized carbons (Fsp3) is 0.111. The van der Waals surface area contributed by atoms with Crippen molar-refractivity contribution >= 4 is 28.4 Å². The summed E-state index contributed by atoms with van der Waals surface area (Å²) >= 11 is 5.90. The number of aryl methyl sites for hydroxylation is 1. The van der Waals surface area contributed by atoms with Crippen LogP contribution in [-0.2, 0) is 0 Å². The second-order valence-electron chi connectivity index (χ2n) is 5.22. The van der Waals surface area contributed by atoms with Crippen molar-refractivity contribution in [3.63, 3.8) is 0 Å². The molecular formula is C18H13ClO3. The number of hydrogen-bond acceptors (Lipinski definition) is 3. The maximum atomic E-state index is 11.9. The first-order chi connectivity index (χ1) is 10.5. The number of hydrogen-bond donors (Lipinski definition) is 0. The highest BCUT2D eigenvalue weighted by Crippen LogP contribution is 2.28. The van der Waals surface area contributed by atoms with Crippen LogP contribution in [0.2, 0.25) is 5.02 Å². The molecule has 22 heavy (non-hydrogen) atoms. The molecular weight excluding hydrogens is 300 g/mol. The highest BCUT2D eigenvalue weighted by Gasteiger charge is 2.12. The molecule has 3 rings (SSSR count). The minimum absolute atomic E-state index is 0.0786. The minimum atomic E-state index is -0.604. The van der Waals surface area contributed by atoms with Gasteiger partial charge in [-0.25, -0.2) is 4.79 Å². The molecule has 0 fully saturated rings. The topological polar surface area (TPSA) is 47.3 Å². The van der Waals surface area contributed by atoms with Crippen LogP contribution in [0, 0.1) is 6.92 Å². The Balaban J connectivity index is 2.25. The summed E-state index contributed by atoms with van der Waals surface area (Å²) in [6.07, 6.45) is 0. The van der Waals surface area contributed by atoms with E-state index in [0.29, 0.717) is 10.6 Å². The third-order valence-electron chi connectivity index (χ3n) is 3.62. The average molecular weight is 313 g/mol. The number of benzene rings is 2. The van der Waals surface area contributed by atoms with E-state index in [2.05, 4.69) is 0 Å². The number of carbonyl (C=O) groups is 1. The van der Waals surface area contributed by atoms with Crippen LogP contribution < -0.4 is 5.63 Å². The Morgan fingerprint density at radius 2 is 1.73 bits per heavy atom. The number of Topliss-reactive ketones (excluding diaryl/α,β-unsaturated/α-hetero) is 1. The van der Waals surface area contributed by atoms with Gasteiger partial charge in [-0.1, -0.05) is 29.8 Å². The zero-order chi connectivity index (χ0) is 15.9. The molecule has 4 heteroatoms. The maximum Gasteiger partial charge on any atom is 0.347 e. The van der Waals surface area contributed by atoms with Crippen molar-refractivity contribution in [2.75, 3.05) is 0 Å². The second-order valence-corrected chi connectivity index (χ2v) is 5.65. The van der Waals surface area contributed by atoms with Gasteiger partial charge < -0.3 is 4.42 Å². The van der Waals surface area contributed by atoms with Crippen molar-refractivity contribution in [3.8, 4) is 11.1 Å². The van der Waals surface area contributed by atoms with Crippen LogP contribution in [0.5, 0.6) is 0 Å². The molecule has 1 heterocycles. The van der Waals surface area contributed by atoms with Crippen molar-refractivity contribution in [2.24, 2.45) is 0 Å². The largest absolute Gasteiger partial charge is 0.422 e. The van der Waals surface area contributed by atoms with E-state index in [1.54, 1.807) is 12.1 Å². The molecule has 3 nitrogen and oxygen atoms in total. The molecule has 0 saturated heterocycles. The number of rotatable bonds is 2. The van der Waals surface area contributed by atoms with Gasteiger partial charge in [-0.2, -0.15) is 0 Å². The molecule has 0 unspecified atom stereocenters. The molecule has 3 aromatic rings. The standard InChI is InChI=1S/C18H13ClO3/c1-10-7-13(12-3-5-14(19)6-4-12)8-17-15(10)9-16(11(2)20)18(21)22-17/h3-9H,1-2H3. The van der Waals surface area contributed by atoms with Gasteiger partial charge in [-0.05, 0) is 54.8 Å². The van der Waals surface area contributed by atoms with Crippen LogP contribution in [0.4, 0.5) is 0 Å². The Kier molecular flexibility index (Phi) is 3.59. The number of carbonyl (C=O) groups excluding carboxylic acids is 1. The first-order valence-electron chi connectivity index (χ1n) is 6.81. The summed E-state index contributed by atoms with van der Waals surface area (Å²) in [6.45, 7) is 3.28. The number of ketones is 1. The zero-order valence-corrected chi connectivity index (χ0v) is 12.9. The molecule has 0 spiro atoms. The Morgan fingerprint density at radius 1 is 1.05 bits per heavy atom. The first-order valence-corrected chi connectivity index (χ1v) is 7.19. The molecule has 0 aliphatic carbocycles. The highest BCUT2D eigenvalue weighted by molar-refractivity contribution is 6.30. The maximum absolute atomic E-state index is 11.9. The summed E-state index contributed by atoms with van der Waals surface area (Å²) in [7, 11) is 0. The van der Waals surface area contributed by atoms with E-state index in [-0.39, 0.29) is 11.3 Å². The SMILES string of the molecule is CC(=O)c1cc2c(C)cc(-c3ccc(Cl)cc3)cc2oc1=O. The van der Waals surface area contributed by atoms with E-state index < -0.39 is 5.63 Å². The van der Waals surface area contributed by atoms with Gasteiger partial charge in [0.2, 0.25) is 0 Å². The predicted octanol–water partition coefficient (Wildman–Crippen LogP) is 4.62. The van der Waals surface area contributed by atoms with Gasteiger partial charge in [0.1, 0.15) is 11.1 Å². The van der Waals surface area contributed by atoms with E-state index in [1.807, 2.05) is 37.3 Å². The molecule has 0 amide bonds. The summed E-state index contributed by atoms with van der Waals surface area (Å²) in [5, 5.41) is 1.43. The molecule has 0 atom stereocenters. The van der Waals surface area contributed by atoms with Crippen molar-refractivity contribution in [1.82, 2.24) is 0 Å². The van der Waals surface area contributed by atoms with E-state index >= 15 is 0 Å². The van der Waals surface area contributed by atoms with Gasteiger partial charge in [0.05, 0.1) is 0 Å². The molecule has 0 saturated carbocycles. The van der Waals surface area contributed by atoms with Crippen molar-refractivity contribution in [3.05, 3.63) is 69.0 Å². The number of halogens is 1. The summed E-state index contributed by atoms with van der Waals surface area (Å²) in [4.78, 5) is 23.3. The fourth-order valence-corrected chi connectivity index (χ4v) is 2.57. The lowest BCUT2D eigenvalue weighted by Crippen LogP contribution is -2.11. The quantitative estimate of drug-likeness (QED) is 0.512. The lowest BCUT2D eigenvalue weighted by molar-refractivity contribution is 0.101. The molecule has 0 N–H and O–H groups in total. The van der Waals surface area contributed by atoms with Gasteiger partial charge in [-0.3, -0.25) is 4.79 Å². The normalized spacial score (nSPS) is 10.9. The third-order valence-corrected chi connectivity index (χ3v) is 3.87. The fourth-order valence-electron chi connectivity index (χ4n) is 2.45. The van der Waals surface area contributed by atoms with E-state index in [4.69, 9.17) is 16.0 Å². The first kappa shape index (κ1) is 14.5. The highest BCUT2D eigenvalue weighted by atomic mass is 35.5. The smallest absolute Gasteiger partial charge is 0.347 e. The van der Waals surface area contributed by atoms with Gasteiger partial charge in [0.15, 0.2) is 5.78 Å². The van der Waals surface area contributed by atoms with Gasteiger partial charge >= 0.3 is 5.63 Å². The zero-order valence-electron chi connectivity index (χ0n) is 12.1. The lowest BCUT2D eigenvalue weighted by Gasteiger charge is -2.08.